The molecule has 0 saturated heterocycles. The smallest absolute Gasteiger partial charge is 0.240 e. The van der Waals surface area contributed by atoms with Gasteiger partial charge in [0.15, 0.2) is 0 Å². The standard InChI is InChI=1S/C20H24N2O2/c1-14(2)17(18(21)23)22-19(24)20(3,15-10-6-4-7-11-15)16-12-8-5-9-13-16/h4-14,17H,1-3H3,(H2,21,23)(H,22,24)/t17-/m0/s1. The van der Waals surface area contributed by atoms with E-state index < -0.39 is 17.4 Å². The molecule has 0 aliphatic heterocycles. The Morgan fingerprint density at radius 1 is 0.917 bits per heavy atom. The molecule has 0 saturated carbocycles. The second kappa shape index (κ2) is 7.30. The van der Waals surface area contributed by atoms with E-state index in [0.29, 0.717) is 0 Å². The number of hydrogen-bond donors (Lipinski definition) is 2. The third-order valence-corrected chi connectivity index (χ3v) is 4.42. The van der Waals surface area contributed by atoms with Crippen LogP contribution in [0, 0.1) is 5.92 Å². The van der Waals surface area contributed by atoms with Crippen LogP contribution in [-0.2, 0) is 15.0 Å². The van der Waals surface area contributed by atoms with Crippen LogP contribution in [0.1, 0.15) is 31.9 Å². The van der Waals surface area contributed by atoms with Crippen LogP contribution in [0.15, 0.2) is 60.7 Å². The van der Waals surface area contributed by atoms with Gasteiger partial charge in [-0.05, 0) is 24.0 Å². The van der Waals surface area contributed by atoms with E-state index in [1.807, 2.05) is 81.4 Å². The van der Waals surface area contributed by atoms with Crippen molar-refractivity contribution in [1.82, 2.24) is 5.32 Å². The molecule has 0 aromatic heterocycles. The first-order valence-electron chi connectivity index (χ1n) is 8.08. The molecule has 0 aliphatic carbocycles. The highest BCUT2D eigenvalue weighted by Crippen LogP contribution is 2.32. The fourth-order valence-corrected chi connectivity index (χ4v) is 2.82. The second-order valence-electron chi connectivity index (χ2n) is 6.45. The van der Waals surface area contributed by atoms with E-state index >= 15 is 0 Å². The number of carbonyl (C=O) groups is 2. The molecule has 4 nitrogen and oxygen atoms in total. The summed E-state index contributed by atoms with van der Waals surface area (Å²) < 4.78 is 0. The van der Waals surface area contributed by atoms with Gasteiger partial charge in [0.2, 0.25) is 11.8 Å². The van der Waals surface area contributed by atoms with Crippen molar-refractivity contribution < 1.29 is 9.59 Å². The van der Waals surface area contributed by atoms with E-state index in [0.717, 1.165) is 11.1 Å². The lowest BCUT2D eigenvalue weighted by molar-refractivity contribution is -0.130. The molecule has 2 aromatic rings. The summed E-state index contributed by atoms with van der Waals surface area (Å²) in [6.45, 7) is 5.58. The maximum Gasteiger partial charge on any atom is 0.240 e. The van der Waals surface area contributed by atoms with Crippen molar-refractivity contribution >= 4 is 11.8 Å². The molecule has 3 N–H and O–H groups in total. The van der Waals surface area contributed by atoms with E-state index in [9.17, 15) is 9.59 Å². The van der Waals surface area contributed by atoms with Crippen molar-refractivity contribution in [3.63, 3.8) is 0 Å². The Morgan fingerprint density at radius 3 is 1.67 bits per heavy atom. The van der Waals surface area contributed by atoms with Crippen LogP contribution in [0.25, 0.3) is 0 Å². The van der Waals surface area contributed by atoms with E-state index in [1.165, 1.54) is 0 Å². The minimum atomic E-state index is -0.912. The molecule has 0 radical (unpaired) electrons. The lowest BCUT2D eigenvalue weighted by Crippen LogP contribution is -2.53. The van der Waals surface area contributed by atoms with Crippen LogP contribution in [0.3, 0.4) is 0 Å². The minimum Gasteiger partial charge on any atom is -0.368 e. The van der Waals surface area contributed by atoms with Crippen LogP contribution >= 0.6 is 0 Å². The number of primary amides is 1. The van der Waals surface area contributed by atoms with Gasteiger partial charge in [0.25, 0.3) is 0 Å². The maximum atomic E-state index is 13.2. The fourth-order valence-electron chi connectivity index (χ4n) is 2.82. The molecule has 2 rings (SSSR count). The van der Waals surface area contributed by atoms with Crippen molar-refractivity contribution in [1.29, 1.82) is 0 Å². The largest absolute Gasteiger partial charge is 0.368 e. The SMILES string of the molecule is CC(C)[C@H](NC(=O)C(C)(c1ccccc1)c1ccccc1)C(N)=O. The predicted molar refractivity (Wildman–Crippen MR) is 95.3 cm³/mol. The summed E-state index contributed by atoms with van der Waals surface area (Å²) >= 11 is 0. The van der Waals surface area contributed by atoms with Crippen LogP contribution in [-0.4, -0.2) is 17.9 Å². The zero-order chi connectivity index (χ0) is 17.7. The Balaban J connectivity index is 2.48. The molecule has 2 aromatic carbocycles. The van der Waals surface area contributed by atoms with E-state index in [4.69, 9.17) is 5.73 Å². The Hall–Kier alpha value is -2.62. The Kier molecular flexibility index (Phi) is 5.39. The van der Waals surface area contributed by atoms with Gasteiger partial charge in [-0.1, -0.05) is 74.5 Å². The van der Waals surface area contributed by atoms with Crippen LogP contribution < -0.4 is 11.1 Å². The molecule has 0 fully saturated rings. The van der Waals surface area contributed by atoms with Gasteiger partial charge < -0.3 is 11.1 Å². The first kappa shape index (κ1) is 17.7. The summed E-state index contributed by atoms with van der Waals surface area (Å²) in [6, 6.07) is 18.4. The maximum absolute atomic E-state index is 13.2. The molecule has 0 unspecified atom stereocenters. The zero-order valence-corrected chi connectivity index (χ0v) is 14.3. The Morgan fingerprint density at radius 2 is 1.33 bits per heavy atom. The topological polar surface area (TPSA) is 72.2 Å². The molecule has 4 heteroatoms. The number of carbonyl (C=O) groups excluding carboxylic acids is 2. The first-order valence-corrected chi connectivity index (χ1v) is 8.08. The highest BCUT2D eigenvalue weighted by atomic mass is 16.2. The van der Waals surface area contributed by atoms with Crippen molar-refractivity contribution in [2.75, 3.05) is 0 Å². The van der Waals surface area contributed by atoms with Crippen molar-refractivity contribution in [3.05, 3.63) is 71.8 Å². The zero-order valence-electron chi connectivity index (χ0n) is 14.3. The molecule has 24 heavy (non-hydrogen) atoms. The third kappa shape index (κ3) is 3.48. The number of nitrogens with two attached hydrogens (primary N) is 1. The Bertz CT molecular complexity index is 657. The lowest BCUT2D eigenvalue weighted by Gasteiger charge is -2.32. The van der Waals surface area contributed by atoms with Crippen LogP contribution in [0.5, 0.6) is 0 Å². The Labute approximate surface area is 143 Å². The third-order valence-electron chi connectivity index (χ3n) is 4.42. The monoisotopic (exact) mass is 324 g/mol. The second-order valence-corrected chi connectivity index (χ2v) is 6.45. The van der Waals surface area contributed by atoms with Gasteiger partial charge in [-0.15, -0.1) is 0 Å². The van der Waals surface area contributed by atoms with Gasteiger partial charge in [0, 0.05) is 0 Å². The van der Waals surface area contributed by atoms with Crippen molar-refractivity contribution in [2.24, 2.45) is 11.7 Å². The summed E-state index contributed by atoms with van der Waals surface area (Å²) in [5.41, 5.74) is 6.26. The predicted octanol–water partition coefficient (Wildman–Crippen LogP) is 2.62. The van der Waals surface area contributed by atoms with Gasteiger partial charge >= 0.3 is 0 Å². The normalized spacial score (nSPS) is 12.7. The van der Waals surface area contributed by atoms with Crippen molar-refractivity contribution in [2.45, 2.75) is 32.2 Å². The summed E-state index contributed by atoms with van der Waals surface area (Å²) in [7, 11) is 0. The lowest BCUT2D eigenvalue weighted by atomic mass is 9.75. The van der Waals surface area contributed by atoms with Crippen LogP contribution in [0.2, 0.25) is 0 Å². The number of benzene rings is 2. The average Bonchev–Trinajstić information content (AvgIpc) is 2.59. The summed E-state index contributed by atoms with van der Waals surface area (Å²) in [4.78, 5) is 24.9. The molecular formula is C20H24N2O2. The van der Waals surface area contributed by atoms with Crippen molar-refractivity contribution in [3.8, 4) is 0 Å². The van der Waals surface area contributed by atoms with Gasteiger partial charge in [0.1, 0.15) is 6.04 Å². The minimum absolute atomic E-state index is 0.0813. The first-order chi connectivity index (χ1) is 11.4. The van der Waals surface area contributed by atoms with Gasteiger partial charge in [-0.2, -0.15) is 0 Å². The average molecular weight is 324 g/mol. The van der Waals surface area contributed by atoms with Gasteiger partial charge in [-0.25, -0.2) is 0 Å². The summed E-state index contributed by atoms with van der Waals surface area (Å²) in [6.07, 6.45) is 0. The van der Waals surface area contributed by atoms with E-state index in [2.05, 4.69) is 5.32 Å². The number of amides is 2. The molecule has 0 aliphatic rings. The number of rotatable bonds is 6. The number of nitrogens with one attached hydrogen (secondary N) is 1. The molecule has 1 atom stereocenters. The molecule has 0 heterocycles. The van der Waals surface area contributed by atoms with Crippen LogP contribution in [0.4, 0.5) is 0 Å². The molecule has 0 bridgehead atoms. The van der Waals surface area contributed by atoms with Gasteiger partial charge in [-0.3, -0.25) is 9.59 Å². The molecule has 126 valence electrons. The van der Waals surface area contributed by atoms with E-state index in [-0.39, 0.29) is 11.8 Å². The molecular weight excluding hydrogens is 300 g/mol. The summed E-state index contributed by atoms with van der Waals surface area (Å²) in [5, 5.41) is 2.84. The number of hydrogen-bond acceptors (Lipinski definition) is 2. The highest BCUT2D eigenvalue weighted by Gasteiger charge is 2.39. The van der Waals surface area contributed by atoms with E-state index in [1.54, 1.807) is 0 Å². The quantitative estimate of drug-likeness (QED) is 0.857. The highest BCUT2D eigenvalue weighted by molar-refractivity contribution is 5.95. The van der Waals surface area contributed by atoms with Gasteiger partial charge in [0.05, 0.1) is 5.41 Å². The molecule has 2 amide bonds. The molecule has 0 spiro atoms. The summed E-state index contributed by atoms with van der Waals surface area (Å²) in [5.74, 6) is -0.846. The fraction of sp³-hybridized carbons (Fsp3) is 0.300.